The molecule has 2 heterocycles. The van der Waals surface area contributed by atoms with Crippen molar-refractivity contribution in [1.82, 2.24) is 9.78 Å². The molecule has 0 aliphatic carbocycles. The molecule has 7 nitrogen and oxygen atoms in total. The molecule has 1 aromatic rings. The highest BCUT2D eigenvalue weighted by Gasteiger charge is 2.30. The second kappa shape index (κ2) is 3.63. The van der Waals surface area contributed by atoms with Gasteiger partial charge in [-0.1, -0.05) is 6.92 Å². The molecule has 0 saturated carbocycles. The highest BCUT2D eigenvalue weighted by molar-refractivity contribution is 7.90. The first kappa shape index (κ1) is 11.2. The summed E-state index contributed by atoms with van der Waals surface area (Å²) in [5, 5.41) is 9.39. The molecule has 0 amide bonds. The summed E-state index contributed by atoms with van der Waals surface area (Å²) in [6, 6.07) is 0. The van der Waals surface area contributed by atoms with E-state index in [9.17, 15) is 4.21 Å². The second-order valence-corrected chi connectivity index (χ2v) is 5.45. The first-order chi connectivity index (χ1) is 7.43. The quantitative estimate of drug-likeness (QED) is 0.777. The number of aromatic nitrogens is 2. The molecule has 90 valence electrons. The Kier molecular flexibility index (Phi) is 2.55. The molecule has 16 heavy (non-hydrogen) atoms. The molecule has 2 unspecified atom stereocenters. The molecule has 2 atom stereocenters. The Morgan fingerprint density at radius 2 is 2.44 bits per heavy atom. The number of nitrogens with two attached hydrogens (primary N) is 1. The van der Waals surface area contributed by atoms with Gasteiger partial charge in [0.15, 0.2) is 4.90 Å². The Morgan fingerprint density at radius 3 is 3.00 bits per heavy atom. The maximum absolute atomic E-state index is 11.6. The van der Waals surface area contributed by atoms with Gasteiger partial charge in [-0.05, 0) is 0 Å². The predicted molar refractivity (Wildman–Crippen MR) is 56.8 cm³/mol. The standard InChI is InChI=1S/C8H14N4O3S/c1-5-3-12-8(15-4-5)6(16(9,10)13)7(11-12)14-2/h5H,3-4H2,1-2H3,(H3,9,10,13). The van der Waals surface area contributed by atoms with Gasteiger partial charge in [-0.15, -0.1) is 5.10 Å². The lowest BCUT2D eigenvalue weighted by atomic mass is 10.2. The van der Waals surface area contributed by atoms with Crippen LogP contribution in [0.4, 0.5) is 0 Å². The van der Waals surface area contributed by atoms with E-state index in [4.69, 9.17) is 19.4 Å². The lowest BCUT2D eigenvalue weighted by Crippen LogP contribution is -2.24. The van der Waals surface area contributed by atoms with E-state index < -0.39 is 9.92 Å². The molecule has 0 aromatic carbocycles. The van der Waals surface area contributed by atoms with E-state index in [1.54, 1.807) is 4.68 Å². The van der Waals surface area contributed by atoms with Crippen molar-refractivity contribution in [2.75, 3.05) is 13.7 Å². The molecule has 0 saturated heterocycles. The summed E-state index contributed by atoms with van der Waals surface area (Å²) in [4.78, 5) is 0.0434. The zero-order valence-electron chi connectivity index (χ0n) is 9.10. The van der Waals surface area contributed by atoms with Crippen molar-refractivity contribution in [2.24, 2.45) is 11.1 Å². The van der Waals surface area contributed by atoms with Crippen molar-refractivity contribution in [2.45, 2.75) is 18.4 Å². The largest absolute Gasteiger partial charge is 0.479 e. The molecule has 2 rings (SSSR count). The van der Waals surface area contributed by atoms with E-state index in [-0.39, 0.29) is 16.7 Å². The molecule has 8 heteroatoms. The fraction of sp³-hybridized carbons (Fsp3) is 0.625. The van der Waals surface area contributed by atoms with E-state index in [2.05, 4.69) is 5.10 Å². The Balaban J connectivity index is 2.60. The van der Waals surface area contributed by atoms with Crippen LogP contribution in [0.15, 0.2) is 4.90 Å². The summed E-state index contributed by atoms with van der Waals surface area (Å²) in [5.41, 5.74) is 0. The van der Waals surface area contributed by atoms with Crippen LogP contribution >= 0.6 is 0 Å². The van der Waals surface area contributed by atoms with Gasteiger partial charge in [0, 0.05) is 5.92 Å². The van der Waals surface area contributed by atoms with Crippen LogP contribution in [0, 0.1) is 10.7 Å². The smallest absolute Gasteiger partial charge is 0.255 e. The van der Waals surface area contributed by atoms with Crippen LogP contribution in [-0.2, 0) is 16.5 Å². The van der Waals surface area contributed by atoms with Crippen molar-refractivity contribution in [3.05, 3.63) is 0 Å². The third-order valence-corrected chi connectivity index (χ3v) is 3.28. The highest BCUT2D eigenvalue weighted by Crippen LogP contribution is 2.35. The van der Waals surface area contributed by atoms with Gasteiger partial charge in [0.05, 0.1) is 20.3 Å². The zero-order chi connectivity index (χ0) is 11.9. The third-order valence-electron chi connectivity index (χ3n) is 2.32. The van der Waals surface area contributed by atoms with Gasteiger partial charge in [0.25, 0.3) is 5.88 Å². The molecule has 1 aromatic heterocycles. The number of methoxy groups -OCH3 is 1. The molecule has 3 N–H and O–H groups in total. The number of ether oxygens (including phenoxy) is 2. The molecular weight excluding hydrogens is 232 g/mol. The lowest BCUT2D eigenvalue weighted by Gasteiger charge is -2.21. The van der Waals surface area contributed by atoms with E-state index in [1.807, 2.05) is 6.92 Å². The number of nitrogens with one attached hydrogen (secondary N) is 1. The first-order valence-electron chi connectivity index (χ1n) is 4.77. The molecule has 0 fully saturated rings. The van der Waals surface area contributed by atoms with Crippen molar-refractivity contribution in [1.29, 1.82) is 4.78 Å². The minimum atomic E-state index is -3.39. The summed E-state index contributed by atoms with van der Waals surface area (Å²) >= 11 is 0. The van der Waals surface area contributed by atoms with Gasteiger partial charge in [-0.3, -0.25) is 0 Å². The SMILES string of the molecule is COc1nn2c(c1S(=N)(N)=O)OCC(C)C2. The molecule has 0 spiro atoms. The summed E-state index contributed by atoms with van der Waals surface area (Å²) in [7, 11) is -2.00. The van der Waals surface area contributed by atoms with Crippen LogP contribution in [0.5, 0.6) is 11.8 Å². The summed E-state index contributed by atoms with van der Waals surface area (Å²) in [6.07, 6.45) is 0. The topological polar surface area (TPSA) is 103 Å². The van der Waals surface area contributed by atoms with E-state index in [0.717, 1.165) is 0 Å². The fourth-order valence-corrected chi connectivity index (χ4v) is 2.44. The molecular formula is C8H14N4O3S. The van der Waals surface area contributed by atoms with Crippen molar-refractivity contribution < 1.29 is 13.7 Å². The monoisotopic (exact) mass is 246 g/mol. The first-order valence-corrected chi connectivity index (χ1v) is 6.39. The van der Waals surface area contributed by atoms with Crippen LogP contribution < -0.4 is 14.6 Å². The minimum absolute atomic E-state index is 0.0434. The van der Waals surface area contributed by atoms with Crippen molar-refractivity contribution in [3.63, 3.8) is 0 Å². The summed E-state index contributed by atoms with van der Waals surface area (Å²) in [6.45, 7) is 3.15. The van der Waals surface area contributed by atoms with Crippen molar-refractivity contribution in [3.8, 4) is 11.8 Å². The number of rotatable bonds is 2. The van der Waals surface area contributed by atoms with Gasteiger partial charge in [0.2, 0.25) is 5.88 Å². The maximum atomic E-state index is 11.6. The highest BCUT2D eigenvalue weighted by atomic mass is 32.2. The average Bonchev–Trinajstić information content (AvgIpc) is 2.54. The third kappa shape index (κ3) is 1.74. The fourth-order valence-electron chi connectivity index (χ4n) is 1.64. The number of hydrogen-bond donors (Lipinski definition) is 2. The molecule has 1 aliphatic heterocycles. The number of fused-ring (bicyclic) bond motifs is 1. The summed E-state index contributed by atoms with van der Waals surface area (Å²) in [5.74, 6) is 0.702. The normalized spacial score (nSPS) is 23.1. The van der Waals surface area contributed by atoms with Crippen LogP contribution in [0.3, 0.4) is 0 Å². The Bertz CT molecular complexity index is 508. The Morgan fingerprint density at radius 1 is 1.75 bits per heavy atom. The maximum Gasteiger partial charge on any atom is 0.255 e. The predicted octanol–water partition coefficient (Wildman–Crippen LogP) is 0.200. The Labute approximate surface area is 93.6 Å². The van der Waals surface area contributed by atoms with Gasteiger partial charge < -0.3 is 9.47 Å². The number of nitrogens with zero attached hydrogens (tertiary/aromatic N) is 2. The average molecular weight is 246 g/mol. The molecule has 1 aliphatic rings. The van der Waals surface area contributed by atoms with Gasteiger partial charge in [-0.25, -0.2) is 18.8 Å². The van der Waals surface area contributed by atoms with E-state index >= 15 is 0 Å². The van der Waals surface area contributed by atoms with Gasteiger partial charge in [0.1, 0.15) is 9.92 Å². The van der Waals surface area contributed by atoms with Crippen LogP contribution in [0.25, 0.3) is 0 Å². The number of hydrogen-bond acceptors (Lipinski definition) is 5. The van der Waals surface area contributed by atoms with Crippen molar-refractivity contribution >= 4 is 9.92 Å². The second-order valence-electron chi connectivity index (χ2n) is 3.84. The van der Waals surface area contributed by atoms with Crippen LogP contribution in [0.1, 0.15) is 6.92 Å². The van der Waals surface area contributed by atoms with E-state index in [0.29, 0.717) is 19.1 Å². The Hall–Kier alpha value is -1.28. The van der Waals surface area contributed by atoms with Crippen LogP contribution in [0.2, 0.25) is 0 Å². The summed E-state index contributed by atoms with van der Waals surface area (Å²) < 4.78 is 31.0. The molecule has 0 radical (unpaired) electrons. The molecule has 0 bridgehead atoms. The minimum Gasteiger partial charge on any atom is -0.479 e. The zero-order valence-corrected chi connectivity index (χ0v) is 9.91. The van der Waals surface area contributed by atoms with E-state index in [1.165, 1.54) is 7.11 Å². The van der Waals surface area contributed by atoms with Gasteiger partial charge in [-0.2, -0.15) is 0 Å². The van der Waals surface area contributed by atoms with Crippen LogP contribution in [-0.4, -0.2) is 27.7 Å². The lowest BCUT2D eigenvalue weighted by molar-refractivity contribution is 0.170. The van der Waals surface area contributed by atoms with Gasteiger partial charge >= 0.3 is 0 Å².